The normalized spacial score (nSPS) is 15.9. The van der Waals surface area contributed by atoms with Crippen molar-refractivity contribution in [3.63, 3.8) is 0 Å². The van der Waals surface area contributed by atoms with Gasteiger partial charge in [-0.1, -0.05) is 113 Å². The standard InChI is InChI=1S/C51H59BN2/c1-9-12-13-39-28-35(5)50(36(6)29-39)54(43-21-16-38(11-3)17-22-43)45-24-26-47-46-25-23-44(31-40(46)33-51(7,8)48(47)32-45)53(42-19-14-37(10-2)15-20-42)49-27-18-41(52)30-34(49)4/h14-25,27-32,47H,9-13,26,33,52H2,1-8H3. The lowest BCUT2D eigenvalue weighted by molar-refractivity contribution is 0.386. The van der Waals surface area contributed by atoms with E-state index in [-0.39, 0.29) is 5.41 Å². The molecular formula is C51H59BN2. The van der Waals surface area contributed by atoms with Crippen LogP contribution in [0.25, 0.3) is 0 Å². The second-order valence-corrected chi connectivity index (χ2v) is 16.6. The van der Waals surface area contributed by atoms with Gasteiger partial charge in [0.25, 0.3) is 0 Å². The molecule has 1 atom stereocenters. The summed E-state index contributed by atoms with van der Waals surface area (Å²) in [6, 6.07) is 37.4. The average Bonchev–Trinajstić information content (AvgIpc) is 3.16. The van der Waals surface area contributed by atoms with Crippen molar-refractivity contribution in [3.05, 3.63) is 165 Å². The van der Waals surface area contributed by atoms with Crippen molar-refractivity contribution in [1.82, 2.24) is 0 Å². The Balaban J connectivity index is 1.29. The summed E-state index contributed by atoms with van der Waals surface area (Å²) in [5, 5.41) is 0. The van der Waals surface area contributed by atoms with Gasteiger partial charge in [-0.15, -0.1) is 0 Å². The van der Waals surface area contributed by atoms with Gasteiger partial charge in [-0.05, 0) is 158 Å². The Hall–Kier alpha value is -4.76. The first kappa shape index (κ1) is 37.6. The van der Waals surface area contributed by atoms with Gasteiger partial charge in [-0.3, -0.25) is 0 Å². The molecule has 0 fully saturated rings. The van der Waals surface area contributed by atoms with Crippen molar-refractivity contribution in [2.24, 2.45) is 5.41 Å². The van der Waals surface area contributed by atoms with E-state index in [1.807, 2.05) is 0 Å². The van der Waals surface area contributed by atoms with Gasteiger partial charge in [-0.2, -0.15) is 0 Å². The largest absolute Gasteiger partial charge is 0.310 e. The van der Waals surface area contributed by atoms with Crippen LogP contribution in [0.1, 0.15) is 104 Å². The first-order valence-corrected chi connectivity index (χ1v) is 20.5. The molecule has 0 heterocycles. The maximum absolute atomic E-state index is 2.56. The molecule has 0 spiro atoms. The van der Waals surface area contributed by atoms with Gasteiger partial charge in [0, 0.05) is 34.4 Å². The summed E-state index contributed by atoms with van der Waals surface area (Å²) < 4.78 is 0. The van der Waals surface area contributed by atoms with Crippen LogP contribution in [0.15, 0.2) is 120 Å². The summed E-state index contributed by atoms with van der Waals surface area (Å²) in [6.45, 7) is 18.5. The van der Waals surface area contributed by atoms with Crippen molar-refractivity contribution < 1.29 is 0 Å². The fourth-order valence-electron chi connectivity index (χ4n) is 9.18. The molecule has 54 heavy (non-hydrogen) atoms. The number of rotatable bonds is 11. The molecule has 7 rings (SSSR count). The average molecular weight is 711 g/mol. The van der Waals surface area contributed by atoms with Crippen LogP contribution in [0.3, 0.4) is 0 Å². The molecule has 0 saturated heterocycles. The third-order valence-corrected chi connectivity index (χ3v) is 12.1. The monoisotopic (exact) mass is 710 g/mol. The topological polar surface area (TPSA) is 6.48 Å². The lowest BCUT2D eigenvalue weighted by Crippen LogP contribution is -2.32. The summed E-state index contributed by atoms with van der Waals surface area (Å²) in [5.41, 5.74) is 21.5. The van der Waals surface area contributed by atoms with Crippen LogP contribution in [-0.4, -0.2) is 7.85 Å². The summed E-state index contributed by atoms with van der Waals surface area (Å²) >= 11 is 0. The molecule has 5 aromatic carbocycles. The minimum Gasteiger partial charge on any atom is -0.310 e. The van der Waals surface area contributed by atoms with E-state index >= 15 is 0 Å². The molecule has 1 unspecified atom stereocenters. The zero-order chi connectivity index (χ0) is 38.1. The van der Waals surface area contributed by atoms with Crippen LogP contribution < -0.4 is 15.3 Å². The molecule has 2 aliphatic rings. The second-order valence-electron chi connectivity index (χ2n) is 16.6. The number of fused-ring (bicyclic) bond motifs is 3. The third kappa shape index (κ3) is 7.35. The Morgan fingerprint density at radius 3 is 1.87 bits per heavy atom. The summed E-state index contributed by atoms with van der Waals surface area (Å²) in [4.78, 5) is 5.02. The Morgan fingerprint density at radius 1 is 0.667 bits per heavy atom. The van der Waals surface area contributed by atoms with Crippen LogP contribution in [-0.2, 0) is 25.7 Å². The van der Waals surface area contributed by atoms with Crippen molar-refractivity contribution in [1.29, 1.82) is 0 Å². The van der Waals surface area contributed by atoms with Gasteiger partial charge in [0.15, 0.2) is 0 Å². The summed E-state index contributed by atoms with van der Waals surface area (Å²) in [7, 11) is 2.18. The lowest BCUT2D eigenvalue weighted by Gasteiger charge is -2.43. The van der Waals surface area contributed by atoms with Crippen molar-refractivity contribution in [3.8, 4) is 0 Å². The Labute approximate surface area is 327 Å². The molecule has 2 nitrogen and oxygen atoms in total. The highest BCUT2D eigenvalue weighted by Crippen LogP contribution is 2.53. The minimum absolute atomic E-state index is 0.00895. The highest BCUT2D eigenvalue weighted by molar-refractivity contribution is 6.32. The van der Waals surface area contributed by atoms with Gasteiger partial charge in [0.05, 0.1) is 5.69 Å². The van der Waals surface area contributed by atoms with E-state index in [0.717, 1.165) is 32.1 Å². The van der Waals surface area contributed by atoms with E-state index in [1.165, 1.54) is 96.9 Å². The quantitative estimate of drug-likeness (QED) is 0.126. The molecule has 2 aliphatic carbocycles. The predicted octanol–water partition coefficient (Wildman–Crippen LogP) is 12.5. The van der Waals surface area contributed by atoms with Crippen molar-refractivity contribution in [2.75, 3.05) is 9.80 Å². The molecule has 276 valence electrons. The van der Waals surface area contributed by atoms with E-state index < -0.39 is 0 Å². The molecule has 0 bridgehead atoms. The summed E-state index contributed by atoms with van der Waals surface area (Å²) in [6.07, 6.45) is 12.7. The number of hydrogen-bond acceptors (Lipinski definition) is 2. The van der Waals surface area contributed by atoms with Crippen LogP contribution in [0.2, 0.25) is 0 Å². The first-order valence-electron chi connectivity index (χ1n) is 20.5. The third-order valence-electron chi connectivity index (χ3n) is 12.1. The van der Waals surface area contributed by atoms with Crippen LogP contribution in [0.5, 0.6) is 0 Å². The molecule has 3 heteroatoms. The maximum atomic E-state index is 2.56. The van der Waals surface area contributed by atoms with Crippen molar-refractivity contribution in [2.45, 2.75) is 106 Å². The van der Waals surface area contributed by atoms with Crippen molar-refractivity contribution >= 4 is 41.7 Å². The molecule has 0 aliphatic heterocycles. The molecule has 0 N–H and O–H groups in total. The molecule has 0 amide bonds. The van der Waals surface area contributed by atoms with Gasteiger partial charge in [-0.25, -0.2) is 0 Å². The van der Waals surface area contributed by atoms with E-state index in [1.54, 1.807) is 5.57 Å². The van der Waals surface area contributed by atoms with Gasteiger partial charge in [0.1, 0.15) is 7.85 Å². The van der Waals surface area contributed by atoms with Gasteiger partial charge in [0.2, 0.25) is 0 Å². The molecule has 0 radical (unpaired) electrons. The number of hydrogen-bond donors (Lipinski definition) is 0. The Bertz CT molecular complexity index is 2180. The first-order chi connectivity index (χ1) is 26.0. The van der Waals surface area contributed by atoms with E-state index in [0.29, 0.717) is 5.92 Å². The van der Waals surface area contributed by atoms with Crippen LogP contribution in [0.4, 0.5) is 28.4 Å². The highest BCUT2D eigenvalue weighted by atomic mass is 15.2. The Kier molecular flexibility index (Phi) is 10.8. The zero-order valence-corrected chi connectivity index (χ0v) is 34.3. The Morgan fingerprint density at radius 2 is 1.28 bits per heavy atom. The fourth-order valence-corrected chi connectivity index (χ4v) is 9.18. The molecule has 0 aromatic heterocycles. The number of allylic oxidation sites excluding steroid dienone is 3. The minimum atomic E-state index is 0.00895. The predicted molar refractivity (Wildman–Crippen MR) is 237 cm³/mol. The van der Waals surface area contributed by atoms with Crippen LogP contribution in [0, 0.1) is 26.2 Å². The maximum Gasteiger partial charge on any atom is 0.139 e. The number of nitrogens with zero attached hydrogens (tertiary/aromatic N) is 2. The number of benzene rings is 5. The van der Waals surface area contributed by atoms with E-state index in [2.05, 4.69) is 182 Å². The highest BCUT2D eigenvalue weighted by Gasteiger charge is 2.39. The van der Waals surface area contributed by atoms with E-state index in [4.69, 9.17) is 0 Å². The lowest BCUT2D eigenvalue weighted by atomic mass is 9.63. The molecular weight excluding hydrogens is 651 g/mol. The van der Waals surface area contributed by atoms with Gasteiger partial charge < -0.3 is 9.80 Å². The van der Waals surface area contributed by atoms with E-state index in [9.17, 15) is 0 Å². The fraction of sp³-hybridized carbons (Fsp3) is 0.333. The smallest absolute Gasteiger partial charge is 0.139 e. The number of unbranched alkanes of at least 4 members (excludes halogenated alkanes) is 1. The number of aryl methyl sites for hydroxylation is 6. The molecule has 5 aromatic rings. The molecule has 0 saturated carbocycles. The SMILES string of the molecule is Bc1ccc(N(c2ccc(CC)cc2)c2ccc3c(c2)CC(C)(C)C2=CC(N(c4ccc(CC)cc4)c4c(C)cc(CCCC)cc4C)=CCC23)c(C)c1. The van der Waals surface area contributed by atoms with Gasteiger partial charge >= 0.3 is 0 Å². The van der Waals surface area contributed by atoms with Crippen LogP contribution >= 0.6 is 0 Å². The number of anilines is 5. The zero-order valence-electron chi connectivity index (χ0n) is 34.3. The second kappa shape index (κ2) is 15.5. The summed E-state index contributed by atoms with van der Waals surface area (Å²) in [5.74, 6) is 0.364.